The lowest BCUT2D eigenvalue weighted by molar-refractivity contribution is -0.280. The van der Waals surface area contributed by atoms with Crippen LogP contribution in [0.5, 0.6) is 40.2 Å². The normalized spacial score (nSPS) is 23.2. The van der Waals surface area contributed by atoms with E-state index in [9.17, 15) is 45.3 Å². The second-order valence-electron chi connectivity index (χ2n) is 12.9. The van der Waals surface area contributed by atoms with Gasteiger partial charge in [-0.2, -0.15) is 0 Å². The van der Waals surface area contributed by atoms with Crippen molar-refractivity contribution in [1.82, 2.24) is 0 Å². The van der Waals surface area contributed by atoms with E-state index in [1.807, 2.05) is 0 Å². The van der Waals surface area contributed by atoms with Gasteiger partial charge >= 0.3 is 5.97 Å². The summed E-state index contributed by atoms with van der Waals surface area (Å²) in [5.41, 5.74) is 0.793. The van der Waals surface area contributed by atoms with E-state index < -0.39 is 73.3 Å². The van der Waals surface area contributed by atoms with Gasteiger partial charge in [-0.05, 0) is 54.1 Å². The largest absolute Gasteiger partial charge is 0.508 e. The highest BCUT2D eigenvalue weighted by Gasteiger charge is 2.47. The van der Waals surface area contributed by atoms with Crippen LogP contribution in [0, 0.1) is 0 Å². The van der Waals surface area contributed by atoms with Gasteiger partial charge in [0, 0.05) is 35.4 Å². The van der Waals surface area contributed by atoms with Gasteiger partial charge < -0.3 is 68.6 Å². The molecule has 1 aromatic heterocycles. The van der Waals surface area contributed by atoms with Gasteiger partial charge in [-0.3, -0.25) is 4.79 Å². The molecular weight excluding hydrogens is 736 g/mol. The maximum Gasteiger partial charge on any atom is 0.331 e. The summed E-state index contributed by atoms with van der Waals surface area (Å²) >= 11 is 0. The van der Waals surface area contributed by atoms with Crippen LogP contribution in [0.4, 0.5) is 0 Å². The third kappa shape index (κ3) is 7.64. The summed E-state index contributed by atoms with van der Waals surface area (Å²) in [7, 11) is 1.41. The number of esters is 1. The molecule has 1 fully saturated rings. The average molecular weight is 773 g/mol. The van der Waals surface area contributed by atoms with Gasteiger partial charge in [-0.25, -0.2) is 4.79 Å². The van der Waals surface area contributed by atoms with Gasteiger partial charge in [0.05, 0.1) is 20.3 Å². The van der Waals surface area contributed by atoms with E-state index in [4.69, 9.17) is 32.8 Å². The molecule has 0 radical (unpaired) electrons. The van der Waals surface area contributed by atoms with Crippen molar-refractivity contribution < 1.29 is 73.4 Å². The molecule has 16 heteroatoms. The molecule has 4 aromatic carbocycles. The van der Waals surface area contributed by atoms with Crippen LogP contribution in [0.2, 0.25) is 0 Å². The Hall–Kier alpha value is -6.30. The van der Waals surface area contributed by atoms with E-state index in [0.29, 0.717) is 22.4 Å². The van der Waals surface area contributed by atoms with Gasteiger partial charge in [0.1, 0.15) is 52.3 Å². The second kappa shape index (κ2) is 15.8. The van der Waals surface area contributed by atoms with Crippen molar-refractivity contribution in [2.75, 3.05) is 20.3 Å². The highest BCUT2D eigenvalue weighted by molar-refractivity contribution is 5.87. The van der Waals surface area contributed by atoms with Crippen LogP contribution in [0.1, 0.15) is 17.2 Å². The number of hydrogen-bond donors (Lipinski definition) is 7. The van der Waals surface area contributed by atoms with Gasteiger partial charge in [-0.15, -0.1) is 0 Å². The predicted octanol–water partition coefficient (Wildman–Crippen LogP) is 2.90. The van der Waals surface area contributed by atoms with Gasteiger partial charge in [0.2, 0.25) is 6.29 Å². The lowest BCUT2D eigenvalue weighted by atomic mass is 9.99. The van der Waals surface area contributed by atoms with Crippen molar-refractivity contribution in [2.24, 2.45) is 0 Å². The topological polar surface area (TPSA) is 244 Å². The van der Waals surface area contributed by atoms with Gasteiger partial charge in [0.25, 0.3) is 0 Å². The SMILES string of the molecule is COc1cc([C@H]2Oc3ccc(-c4cc(=O)c5c(O)cc(O[C@@H]6O[C@H](CO)[C@@H](OC(=O)/C=C/c7ccc(O)cc7)[C@H](O)[C@H]6O)cc5o4)cc3O[C@@H]2CO)ccc1O. The second-order valence-corrected chi connectivity index (χ2v) is 12.9. The first-order chi connectivity index (χ1) is 27.0. The molecule has 0 amide bonds. The first-order valence-corrected chi connectivity index (χ1v) is 17.2. The number of methoxy groups -OCH3 is 1. The Kier molecular flexibility index (Phi) is 10.7. The lowest BCUT2D eigenvalue weighted by Crippen LogP contribution is -2.61. The van der Waals surface area contributed by atoms with E-state index in [-0.39, 0.29) is 45.5 Å². The highest BCUT2D eigenvalue weighted by Crippen LogP contribution is 2.43. The molecule has 7 atom stereocenters. The minimum absolute atomic E-state index is 0.0388. The molecule has 16 nitrogen and oxygen atoms in total. The summed E-state index contributed by atoms with van der Waals surface area (Å²) in [5, 5.41) is 72.0. The molecule has 7 N–H and O–H groups in total. The smallest absolute Gasteiger partial charge is 0.331 e. The lowest BCUT2D eigenvalue weighted by Gasteiger charge is -2.41. The van der Waals surface area contributed by atoms with Crippen molar-refractivity contribution in [1.29, 1.82) is 0 Å². The number of fused-ring (bicyclic) bond motifs is 2. The Bertz CT molecular complexity index is 2320. The molecule has 292 valence electrons. The third-order valence-electron chi connectivity index (χ3n) is 9.22. The standard InChI is InChI=1S/C40H36O16/c1-50-29-13-21(5-9-24(29)44)38-32(17-41)53-30-12-20(6-10-27(30)54-38)28-16-26(46)35-25(45)14-23(15-31(35)52-28)51-40-37(49)36(48)39(33(18-42)55-40)56-34(47)11-4-19-2-7-22(43)8-3-19/h2-16,32-33,36-45,48-49H,17-18H2,1H3/b11-4+/t32-,33-,36-,37-,38-,39-,40-/m1/s1. The summed E-state index contributed by atoms with van der Waals surface area (Å²) in [6.45, 7) is -1.17. The maximum atomic E-state index is 13.2. The molecule has 0 unspecified atom stereocenters. The fourth-order valence-electron chi connectivity index (χ4n) is 6.38. The summed E-state index contributed by atoms with van der Waals surface area (Å²) in [5.74, 6) is -0.780. The molecule has 5 aromatic rings. The number of ether oxygens (including phenoxy) is 6. The Labute approximate surface area is 317 Å². The molecule has 0 saturated carbocycles. The molecule has 3 heterocycles. The zero-order valence-corrected chi connectivity index (χ0v) is 29.4. The van der Waals surface area contributed by atoms with E-state index in [1.54, 1.807) is 42.5 Å². The number of aliphatic hydroxyl groups is 4. The summed E-state index contributed by atoms with van der Waals surface area (Å²) in [4.78, 5) is 25.8. The van der Waals surface area contributed by atoms with Crippen LogP contribution >= 0.6 is 0 Å². The van der Waals surface area contributed by atoms with Crippen molar-refractivity contribution >= 4 is 23.0 Å². The zero-order chi connectivity index (χ0) is 39.7. The van der Waals surface area contributed by atoms with Crippen molar-refractivity contribution in [3.05, 3.63) is 106 Å². The number of phenols is 3. The summed E-state index contributed by atoms with van der Waals surface area (Å²) in [6.07, 6.45) is -7.23. The summed E-state index contributed by atoms with van der Waals surface area (Å²) in [6, 6.07) is 18.8. The third-order valence-corrected chi connectivity index (χ3v) is 9.22. The van der Waals surface area contributed by atoms with Crippen molar-refractivity contribution in [3.63, 3.8) is 0 Å². The number of aliphatic hydroxyl groups excluding tert-OH is 4. The fraction of sp³-hybridized carbons (Fsp3) is 0.250. The van der Waals surface area contributed by atoms with Crippen LogP contribution in [0.3, 0.4) is 0 Å². The number of rotatable bonds is 10. The molecule has 0 bridgehead atoms. The highest BCUT2D eigenvalue weighted by atomic mass is 16.7. The number of phenolic OH excluding ortho intramolecular Hbond substituents is 3. The molecule has 0 aliphatic carbocycles. The average Bonchev–Trinajstić information content (AvgIpc) is 3.19. The molecule has 1 saturated heterocycles. The fourth-order valence-corrected chi connectivity index (χ4v) is 6.38. The van der Waals surface area contributed by atoms with Crippen LogP contribution < -0.4 is 24.4 Å². The first-order valence-electron chi connectivity index (χ1n) is 17.2. The molecule has 56 heavy (non-hydrogen) atoms. The Morgan fingerprint density at radius 1 is 0.821 bits per heavy atom. The van der Waals surface area contributed by atoms with E-state index in [1.165, 1.54) is 43.5 Å². The van der Waals surface area contributed by atoms with E-state index in [2.05, 4.69) is 0 Å². The first kappa shape index (κ1) is 38.0. The van der Waals surface area contributed by atoms with Crippen LogP contribution in [-0.2, 0) is 14.3 Å². The zero-order valence-electron chi connectivity index (χ0n) is 29.4. The molecule has 0 spiro atoms. The van der Waals surface area contributed by atoms with Crippen LogP contribution in [-0.4, -0.2) is 98.8 Å². The minimum Gasteiger partial charge on any atom is -0.508 e. The molecular formula is C40H36O16. The van der Waals surface area contributed by atoms with Crippen molar-refractivity contribution in [3.8, 4) is 51.6 Å². The summed E-state index contributed by atoms with van der Waals surface area (Å²) < 4.78 is 40.2. The molecule has 2 aliphatic rings. The molecule has 2 aliphatic heterocycles. The predicted molar refractivity (Wildman–Crippen MR) is 195 cm³/mol. The van der Waals surface area contributed by atoms with Crippen LogP contribution in [0.25, 0.3) is 28.4 Å². The number of benzene rings is 4. The van der Waals surface area contributed by atoms with Crippen molar-refractivity contribution in [2.45, 2.75) is 42.9 Å². The number of carbonyl (C=O) groups is 1. The number of aromatic hydroxyl groups is 3. The maximum absolute atomic E-state index is 13.2. The number of hydrogen-bond acceptors (Lipinski definition) is 16. The Balaban J connectivity index is 1.09. The van der Waals surface area contributed by atoms with E-state index in [0.717, 1.165) is 12.1 Å². The number of carbonyl (C=O) groups excluding carboxylic acids is 1. The minimum atomic E-state index is -1.82. The van der Waals surface area contributed by atoms with Gasteiger partial charge in [-0.1, -0.05) is 18.2 Å². The van der Waals surface area contributed by atoms with Crippen LogP contribution in [0.15, 0.2) is 94.2 Å². The Morgan fingerprint density at radius 2 is 1.59 bits per heavy atom. The van der Waals surface area contributed by atoms with Gasteiger partial charge in [0.15, 0.2) is 46.7 Å². The van der Waals surface area contributed by atoms with E-state index >= 15 is 0 Å². The monoisotopic (exact) mass is 772 g/mol. The molecule has 7 rings (SSSR count). The quantitative estimate of drug-likeness (QED) is 0.0797. The Morgan fingerprint density at radius 3 is 2.32 bits per heavy atom.